The molecule has 24 heavy (non-hydrogen) atoms. The number of hydrogen-bond donors (Lipinski definition) is 0. The molecule has 1 aromatic heterocycles. The van der Waals surface area contributed by atoms with Crippen molar-refractivity contribution >= 4 is 11.7 Å². The van der Waals surface area contributed by atoms with Crippen molar-refractivity contribution in [1.82, 2.24) is 19.8 Å². The quantitative estimate of drug-likeness (QED) is 0.753. The maximum absolute atomic E-state index is 12.5. The second-order valence-corrected chi connectivity index (χ2v) is 6.29. The van der Waals surface area contributed by atoms with Gasteiger partial charge in [0.15, 0.2) is 5.82 Å². The van der Waals surface area contributed by atoms with Crippen LogP contribution >= 0.6 is 0 Å². The lowest BCUT2D eigenvalue weighted by molar-refractivity contribution is -0.141. The Bertz CT molecular complexity index is 562. The van der Waals surface area contributed by atoms with Gasteiger partial charge in [-0.25, -0.2) is 9.97 Å². The highest BCUT2D eigenvalue weighted by Crippen LogP contribution is 2.23. The molecule has 0 aliphatic carbocycles. The number of rotatable bonds is 4. The summed E-state index contributed by atoms with van der Waals surface area (Å²) in [4.78, 5) is 27.5. The van der Waals surface area contributed by atoms with E-state index in [4.69, 9.17) is 14.5 Å². The summed E-state index contributed by atoms with van der Waals surface area (Å²) < 4.78 is 11.0. The van der Waals surface area contributed by atoms with Gasteiger partial charge in [0, 0.05) is 25.8 Å². The maximum Gasteiger partial charge on any atom is 0.237 e. The van der Waals surface area contributed by atoms with E-state index in [1.54, 1.807) is 6.20 Å². The fourth-order valence-corrected chi connectivity index (χ4v) is 2.97. The van der Waals surface area contributed by atoms with E-state index in [9.17, 15) is 4.79 Å². The molecule has 1 aromatic rings. The van der Waals surface area contributed by atoms with Gasteiger partial charge in [-0.15, -0.1) is 0 Å². The first-order chi connectivity index (χ1) is 11.6. The van der Waals surface area contributed by atoms with Crippen molar-refractivity contribution in [3.05, 3.63) is 18.1 Å². The molecular formula is C16H25N5O3. The summed E-state index contributed by atoms with van der Waals surface area (Å²) in [5.74, 6) is 1.60. The number of carbonyl (C=O) groups is 1. The zero-order valence-corrected chi connectivity index (χ0v) is 14.3. The van der Waals surface area contributed by atoms with Crippen molar-refractivity contribution in [2.45, 2.75) is 6.04 Å². The number of aromatic nitrogens is 2. The van der Waals surface area contributed by atoms with Crippen LogP contribution < -0.4 is 4.90 Å². The van der Waals surface area contributed by atoms with E-state index < -0.39 is 0 Å². The van der Waals surface area contributed by atoms with Gasteiger partial charge in [0.25, 0.3) is 0 Å². The largest absolute Gasteiger partial charge is 0.378 e. The minimum atomic E-state index is -0.229. The Kier molecular flexibility index (Phi) is 5.60. The van der Waals surface area contributed by atoms with Crippen LogP contribution in [0.2, 0.25) is 0 Å². The van der Waals surface area contributed by atoms with Gasteiger partial charge in [0.05, 0.1) is 33.0 Å². The fraction of sp³-hybridized carbons (Fsp3) is 0.688. The van der Waals surface area contributed by atoms with Crippen molar-refractivity contribution in [2.75, 3.05) is 71.6 Å². The van der Waals surface area contributed by atoms with Gasteiger partial charge in [-0.1, -0.05) is 0 Å². The molecule has 2 aliphatic rings. The standard InChI is InChI=1S/C16H25N5O3/c1-19(2)11-15(22)21-7-10-24-12-13(21)16-17-4-3-14(18-16)20-5-8-23-9-6-20/h3-4,13H,5-12H2,1-2H3/t13-/m0/s1. The lowest BCUT2D eigenvalue weighted by Gasteiger charge is -2.35. The van der Waals surface area contributed by atoms with E-state index in [0.29, 0.717) is 45.3 Å². The van der Waals surface area contributed by atoms with Gasteiger partial charge < -0.3 is 24.2 Å². The summed E-state index contributed by atoms with van der Waals surface area (Å²) in [5, 5.41) is 0. The molecule has 0 spiro atoms. The highest BCUT2D eigenvalue weighted by molar-refractivity contribution is 5.78. The van der Waals surface area contributed by atoms with E-state index in [1.165, 1.54) is 0 Å². The number of nitrogens with zero attached hydrogens (tertiary/aromatic N) is 5. The number of likely N-dealkylation sites (N-methyl/N-ethyl adjacent to an activating group) is 1. The Hall–Kier alpha value is -1.77. The Morgan fingerprint density at radius 3 is 2.75 bits per heavy atom. The molecule has 0 N–H and O–H groups in total. The molecule has 0 bridgehead atoms. The molecule has 2 saturated heterocycles. The van der Waals surface area contributed by atoms with Gasteiger partial charge in [0.2, 0.25) is 5.91 Å². The predicted molar refractivity (Wildman–Crippen MR) is 88.9 cm³/mol. The van der Waals surface area contributed by atoms with Gasteiger partial charge in [-0.2, -0.15) is 0 Å². The van der Waals surface area contributed by atoms with E-state index in [-0.39, 0.29) is 11.9 Å². The summed E-state index contributed by atoms with van der Waals surface area (Å²) in [6, 6.07) is 1.68. The Labute approximate surface area is 142 Å². The minimum Gasteiger partial charge on any atom is -0.378 e. The first-order valence-electron chi connectivity index (χ1n) is 8.33. The summed E-state index contributed by atoms with van der Waals surface area (Å²) >= 11 is 0. The zero-order valence-electron chi connectivity index (χ0n) is 14.3. The van der Waals surface area contributed by atoms with Crippen molar-refractivity contribution in [2.24, 2.45) is 0 Å². The third-order valence-corrected chi connectivity index (χ3v) is 4.19. The molecule has 132 valence electrons. The number of hydrogen-bond acceptors (Lipinski definition) is 7. The van der Waals surface area contributed by atoms with Gasteiger partial charge in [-0.3, -0.25) is 4.79 Å². The second-order valence-electron chi connectivity index (χ2n) is 6.29. The monoisotopic (exact) mass is 335 g/mol. The van der Waals surface area contributed by atoms with Crippen molar-refractivity contribution in [3.63, 3.8) is 0 Å². The van der Waals surface area contributed by atoms with Gasteiger partial charge >= 0.3 is 0 Å². The van der Waals surface area contributed by atoms with E-state index >= 15 is 0 Å². The first-order valence-corrected chi connectivity index (χ1v) is 8.33. The maximum atomic E-state index is 12.5. The van der Waals surface area contributed by atoms with Crippen molar-refractivity contribution in [1.29, 1.82) is 0 Å². The molecule has 0 aromatic carbocycles. The highest BCUT2D eigenvalue weighted by atomic mass is 16.5. The molecule has 0 saturated carbocycles. The topological polar surface area (TPSA) is 71.0 Å². The molecule has 3 heterocycles. The van der Waals surface area contributed by atoms with Crippen LogP contribution in [0, 0.1) is 0 Å². The first kappa shape index (κ1) is 17.1. The second kappa shape index (κ2) is 7.87. The third kappa shape index (κ3) is 4.00. The molecular weight excluding hydrogens is 310 g/mol. The summed E-state index contributed by atoms with van der Waals surface area (Å²) in [6.07, 6.45) is 1.76. The SMILES string of the molecule is CN(C)CC(=O)N1CCOC[C@H]1c1nccc(N2CCOCC2)n1. The lowest BCUT2D eigenvalue weighted by Crippen LogP contribution is -2.47. The number of amides is 1. The molecule has 2 fully saturated rings. The Balaban J connectivity index is 1.78. The molecule has 8 heteroatoms. The van der Waals surface area contributed by atoms with Crippen LogP contribution in [0.25, 0.3) is 0 Å². The number of ether oxygens (including phenoxy) is 2. The van der Waals surface area contributed by atoms with Crippen LogP contribution in [0.4, 0.5) is 5.82 Å². The number of morpholine rings is 2. The average molecular weight is 335 g/mol. The number of anilines is 1. The van der Waals surface area contributed by atoms with E-state index in [2.05, 4.69) is 9.88 Å². The highest BCUT2D eigenvalue weighted by Gasteiger charge is 2.31. The molecule has 1 amide bonds. The molecule has 0 radical (unpaired) electrons. The fourth-order valence-electron chi connectivity index (χ4n) is 2.97. The van der Waals surface area contributed by atoms with Crippen LogP contribution in [0.5, 0.6) is 0 Å². The summed E-state index contributed by atoms with van der Waals surface area (Å²) in [7, 11) is 3.78. The van der Waals surface area contributed by atoms with Crippen LogP contribution in [0.1, 0.15) is 11.9 Å². The zero-order chi connectivity index (χ0) is 16.9. The lowest BCUT2D eigenvalue weighted by atomic mass is 10.2. The molecule has 3 rings (SSSR count). The minimum absolute atomic E-state index is 0.0775. The van der Waals surface area contributed by atoms with Crippen LogP contribution in [0.15, 0.2) is 12.3 Å². The Morgan fingerprint density at radius 1 is 1.25 bits per heavy atom. The molecule has 1 atom stereocenters. The van der Waals surface area contributed by atoms with Crippen LogP contribution in [-0.2, 0) is 14.3 Å². The third-order valence-electron chi connectivity index (χ3n) is 4.19. The van der Waals surface area contributed by atoms with Crippen molar-refractivity contribution < 1.29 is 14.3 Å². The summed E-state index contributed by atoms with van der Waals surface area (Å²) in [5.41, 5.74) is 0. The van der Waals surface area contributed by atoms with Gasteiger partial charge in [0.1, 0.15) is 11.9 Å². The predicted octanol–water partition coefficient (Wildman–Crippen LogP) is -0.225. The molecule has 8 nitrogen and oxygen atoms in total. The van der Waals surface area contributed by atoms with Gasteiger partial charge in [-0.05, 0) is 20.2 Å². The average Bonchev–Trinajstić information content (AvgIpc) is 2.62. The van der Waals surface area contributed by atoms with Crippen molar-refractivity contribution in [3.8, 4) is 0 Å². The molecule has 2 aliphatic heterocycles. The normalized spacial score (nSPS) is 22.0. The van der Waals surface area contributed by atoms with E-state index in [1.807, 2.05) is 30.0 Å². The molecule has 0 unspecified atom stereocenters. The smallest absolute Gasteiger partial charge is 0.237 e. The van der Waals surface area contributed by atoms with Crippen LogP contribution in [-0.4, -0.2) is 92.4 Å². The van der Waals surface area contributed by atoms with E-state index in [0.717, 1.165) is 18.9 Å². The van der Waals surface area contributed by atoms with Crippen LogP contribution in [0.3, 0.4) is 0 Å². The number of carbonyl (C=O) groups excluding carboxylic acids is 1. The Morgan fingerprint density at radius 2 is 2.00 bits per heavy atom. The summed E-state index contributed by atoms with van der Waals surface area (Å²) in [6.45, 7) is 4.99.